The third-order valence-electron chi connectivity index (χ3n) is 8.84. The summed E-state index contributed by atoms with van der Waals surface area (Å²) in [4.78, 5) is 31.5. The van der Waals surface area contributed by atoms with Gasteiger partial charge in [0.15, 0.2) is 0 Å². The fourth-order valence-electron chi connectivity index (χ4n) is 6.31. The molecular formula is C38H53N3O2. The van der Waals surface area contributed by atoms with E-state index in [-0.39, 0.29) is 24.4 Å². The zero-order valence-corrected chi connectivity index (χ0v) is 26.9. The minimum atomic E-state index is -0.257. The van der Waals surface area contributed by atoms with E-state index in [2.05, 4.69) is 67.9 Å². The number of hydrogen-bond acceptors (Lipinski definition) is 2. The van der Waals surface area contributed by atoms with Crippen molar-refractivity contribution in [2.45, 2.75) is 117 Å². The summed E-state index contributed by atoms with van der Waals surface area (Å²) >= 11 is 0. The van der Waals surface area contributed by atoms with Gasteiger partial charge in [-0.05, 0) is 49.6 Å². The molecule has 0 radical (unpaired) electrons. The van der Waals surface area contributed by atoms with Crippen LogP contribution in [0.1, 0.15) is 127 Å². The minimum Gasteiger partial charge on any atom is -0.333 e. The molecule has 0 fully saturated rings. The van der Waals surface area contributed by atoms with Crippen molar-refractivity contribution in [1.82, 2.24) is 9.47 Å². The second kappa shape index (κ2) is 17.1. The summed E-state index contributed by atoms with van der Waals surface area (Å²) in [7, 11) is 0. The fraction of sp³-hybridized carbons (Fsp3) is 0.526. The SMILES string of the molecule is CCCCCCCCCCCCCC(=O)N(CCCC)CC(=O)N1c2ccccc2-n2cccc2C1c1ccc(C)cc1. The number of para-hydroxylation sites is 2. The highest BCUT2D eigenvalue weighted by atomic mass is 16.2. The number of anilines is 1. The number of carbonyl (C=O) groups excluding carboxylic acids is 2. The molecule has 232 valence electrons. The lowest BCUT2D eigenvalue weighted by atomic mass is 9.97. The Labute approximate surface area is 260 Å². The normalized spacial score (nSPS) is 13.9. The fourth-order valence-corrected chi connectivity index (χ4v) is 6.31. The average Bonchev–Trinajstić information content (AvgIpc) is 3.51. The van der Waals surface area contributed by atoms with Gasteiger partial charge in [-0.3, -0.25) is 14.5 Å². The predicted molar refractivity (Wildman–Crippen MR) is 179 cm³/mol. The third kappa shape index (κ3) is 8.84. The largest absolute Gasteiger partial charge is 0.333 e. The first kappa shape index (κ1) is 32.6. The van der Waals surface area contributed by atoms with Crippen LogP contribution in [0.5, 0.6) is 0 Å². The van der Waals surface area contributed by atoms with Gasteiger partial charge in [0, 0.05) is 19.2 Å². The van der Waals surface area contributed by atoms with E-state index in [0.29, 0.717) is 13.0 Å². The molecule has 2 amide bonds. The van der Waals surface area contributed by atoms with Gasteiger partial charge in [0.1, 0.15) is 12.6 Å². The molecule has 0 aliphatic carbocycles. The number of carbonyl (C=O) groups is 2. The molecule has 0 N–H and O–H groups in total. The van der Waals surface area contributed by atoms with E-state index in [9.17, 15) is 9.59 Å². The Hall–Kier alpha value is -3.34. The van der Waals surface area contributed by atoms with Crippen molar-refractivity contribution in [1.29, 1.82) is 0 Å². The molecule has 0 bridgehead atoms. The first-order chi connectivity index (χ1) is 21.0. The number of amides is 2. The summed E-state index contributed by atoms with van der Waals surface area (Å²) in [5.41, 5.74) is 5.19. The van der Waals surface area contributed by atoms with Crippen LogP contribution in [-0.4, -0.2) is 34.4 Å². The zero-order valence-electron chi connectivity index (χ0n) is 26.9. The maximum Gasteiger partial charge on any atom is 0.247 e. The van der Waals surface area contributed by atoms with Crippen LogP contribution >= 0.6 is 0 Å². The van der Waals surface area contributed by atoms with E-state index in [1.165, 1.54) is 63.4 Å². The lowest BCUT2D eigenvalue weighted by Crippen LogP contribution is -2.47. The average molecular weight is 584 g/mol. The van der Waals surface area contributed by atoms with Crippen LogP contribution in [0.3, 0.4) is 0 Å². The van der Waals surface area contributed by atoms with Gasteiger partial charge in [0.05, 0.1) is 17.1 Å². The lowest BCUT2D eigenvalue weighted by Gasteiger charge is -2.39. The summed E-state index contributed by atoms with van der Waals surface area (Å²) in [5, 5.41) is 0. The standard InChI is InChI=1S/C38H53N3O2/c1-4-6-8-9-10-11-12-13-14-15-16-23-36(42)39(28-7-5-2)30-37(43)41-34-21-18-17-20-33(34)40-29-19-22-35(40)38(41)32-26-24-31(3)25-27-32/h17-22,24-27,29,38H,4-16,23,28,30H2,1-3H3. The van der Waals surface area contributed by atoms with E-state index >= 15 is 0 Å². The molecule has 1 unspecified atom stereocenters. The van der Waals surface area contributed by atoms with Crippen molar-refractivity contribution in [3.05, 3.63) is 83.7 Å². The monoisotopic (exact) mass is 583 g/mol. The minimum absolute atomic E-state index is 0.0335. The van der Waals surface area contributed by atoms with Crippen molar-refractivity contribution in [3.63, 3.8) is 0 Å². The van der Waals surface area contributed by atoms with Crippen molar-refractivity contribution < 1.29 is 9.59 Å². The number of fused-ring (bicyclic) bond motifs is 3. The molecule has 1 aliphatic rings. The topological polar surface area (TPSA) is 45.6 Å². The Bertz CT molecular complexity index is 1280. The van der Waals surface area contributed by atoms with E-state index in [0.717, 1.165) is 48.3 Å². The second-order valence-corrected chi connectivity index (χ2v) is 12.3. The molecule has 1 atom stereocenters. The van der Waals surface area contributed by atoms with Gasteiger partial charge >= 0.3 is 0 Å². The van der Waals surface area contributed by atoms with Gasteiger partial charge in [-0.1, -0.05) is 126 Å². The van der Waals surface area contributed by atoms with Crippen molar-refractivity contribution in [3.8, 4) is 5.69 Å². The van der Waals surface area contributed by atoms with E-state index in [1.807, 2.05) is 34.1 Å². The van der Waals surface area contributed by atoms with Gasteiger partial charge in [-0.15, -0.1) is 0 Å². The molecule has 5 heteroatoms. The Morgan fingerprint density at radius 1 is 0.698 bits per heavy atom. The number of rotatable bonds is 18. The molecule has 0 saturated heterocycles. The Morgan fingerprint density at radius 2 is 1.30 bits per heavy atom. The first-order valence-electron chi connectivity index (χ1n) is 17.0. The summed E-state index contributed by atoms with van der Waals surface area (Å²) in [6.45, 7) is 7.21. The predicted octanol–water partition coefficient (Wildman–Crippen LogP) is 9.55. The maximum atomic E-state index is 14.3. The van der Waals surface area contributed by atoms with Gasteiger partial charge in [0.2, 0.25) is 11.8 Å². The van der Waals surface area contributed by atoms with E-state index in [4.69, 9.17) is 0 Å². The van der Waals surface area contributed by atoms with Crippen LogP contribution in [-0.2, 0) is 9.59 Å². The number of aryl methyl sites for hydroxylation is 1. The number of aromatic nitrogens is 1. The number of benzene rings is 2. The highest BCUT2D eigenvalue weighted by molar-refractivity contribution is 6.00. The molecule has 2 heterocycles. The molecule has 1 aromatic heterocycles. The lowest BCUT2D eigenvalue weighted by molar-refractivity contribution is -0.135. The Morgan fingerprint density at radius 3 is 1.95 bits per heavy atom. The van der Waals surface area contributed by atoms with Crippen LogP contribution in [0.15, 0.2) is 66.9 Å². The molecule has 1 aliphatic heterocycles. The molecule has 4 rings (SSSR count). The van der Waals surface area contributed by atoms with Crippen LogP contribution < -0.4 is 4.90 Å². The summed E-state index contributed by atoms with van der Waals surface area (Å²) < 4.78 is 2.19. The molecule has 2 aromatic carbocycles. The van der Waals surface area contributed by atoms with Gasteiger partial charge < -0.3 is 9.47 Å². The highest BCUT2D eigenvalue weighted by Gasteiger charge is 2.36. The molecular weight excluding hydrogens is 530 g/mol. The van der Waals surface area contributed by atoms with Crippen molar-refractivity contribution in [2.24, 2.45) is 0 Å². The molecule has 5 nitrogen and oxygen atoms in total. The summed E-state index contributed by atoms with van der Waals surface area (Å²) in [5.74, 6) is 0.0761. The van der Waals surface area contributed by atoms with Crippen LogP contribution in [0.4, 0.5) is 5.69 Å². The smallest absolute Gasteiger partial charge is 0.247 e. The quantitative estimate of drug-likeness (QED) is 0.140. The number of nitrogens with zero attached hydrogens (tertiary/aromatic N) is 3. The Kier molecular flexibility index (Phi) is 12.9. The van der Waals surface area contributed by atoms with Crippen molar-refractivity contribution in [2.75, 3.05) is 18.0 Å². The zero-order chi connectivity index (χ0) is 30.4. The molecule has 43 heavy (non-hydrogen) atoms. The Balaban J connectivity index is 1.40. The van der Waals surface area contributed by atoms with Gasteiger partial charge in [-0.25, -0.2) is 0 Å². The summed E-state index contributed by atoms with van der Waals surface area (Å²) in [6, 6.07) is 20.5. The number of unbranched alkanes of at least 4 members (excludes halogenated alkanes) is 11. The van der Waals surface area contributed by atoms with Gasteiger partial charge in [-0.2, -0.15) is 0 Å². The second-order valence-electron chi connectivity index (χ2n) is 12.3. The van der Waals surface area contributed by atoms with Crippen LogP contribution in [0.25, 0.3) is 5.69 Å². The van der Waals surface area contributed by atoms with E-state index in [1.54, 1.807) is 0 Å². The molecule has 0 spiro atoms. The third-order valence-corrected chi connectivity index (χ3v) is 8.84. The van der Waals surface area contributed by atoms with E-state index < -0.39 is 0 Å². The molecule has 3 aromatic rings. The number of hydrogen-bond donors (Lipinski definition) is 0. The summed E-state index contributed by atoms with van der Waals surface area (Å²) in [6.07, 6.45) is 18.3. The molecule has 0 saturated carbocycles. The maximum absolute atomic E-state index is 14.3. The van der Waals surface area contributed by atoms with Gasteiger partial charge in [0.25, 0.3) is 0 Å². The van der Waals surface area contributed by atoms with Crippen molar-refractivity contribution >= 4 is 17.5 Å². The van der Waals surface area contributed by atoms with Crippen LogP contribution in [0, 0.1) is 6.92 Å². The highest BCUT2D eigenvalue weighted by Crippen LogP contribution is 2.42. The first-order valence-corrected chi connectivity index (χ1v) is 17.0. The van der Waals surface area contributed by atoms with Crippen LogP contribution in [0.2, 0.25) is 0 Å².